The van der Waals surface area contributed by atoms with Gasteiger partial charge in [-0.15, -0.1) is 0 Å². The van der Waals surface area contributed by atoms with Crippen molar-refractivity contribution in [2.75, 3.05) is 26.7 Å². The van der Waals surface area contributed by atoms with E-state index < -0.39 is 0 Å². The molecule has 0 spiro atoms. The van der Waals surface area contributed by atoms with Crippen LogP contribution in [0.25, 0.3) is 0 Å². The van der Waals surface area contributed by atoms with Gasteiger partial charge in [0.05, 0.1) is 12.7 Å². The van der Waals surface area contributed by atoms with Crippen molar-refractivity contribution in [3.05, 3.63) is 0 Å². The minimum absolute atomic E-state index is 0.535. The summed E-state index contributed by atoms with van der Waals surface area (Å²) in [5.74, 6) is 0. The fourth-order valence-electron chi connectivity index (χ4n) is 2.96. The summed E-state index contributed by atoms with van der Waals surface area (Å²) in [4.78, 5) is 2.67. The van der Waals surface area contributed by atoms with Gasteiger partial charge in [-0.1, -0.05) is 12.8 Å². The molecule has 1 aliphatic carbocycles. The third-order valence-corrected chi connectivity index (χ3v) is 4.19. The number of nitrogens with zero attached hydrogens (tertiary/aromatic N) is 1. The Morgan fingerprint density at radius 2 is 2.19 bits per heavy atom. The molecule has 1 heterocycles. The third-order valence-electron chi connectivity index (χ3n) is 4.19. The van der Waals surface area contributed by atoms with Crippen LogP contribution in [0, 0.1) is 0 Å². The molecule has 1 aliphatic heterocycles. The zero-order valence-electron chi connectivity index (χ0n) is 10.7. The first-order chi connectivity index (χ1) is 7.81. The van der Waals surface area contributed by atoms with Crippen molar-refractivity contribution < 1.29 is 4.74 Å². The molecule has 2 rings (SSSR count). The summed E-state index contributed by atoms with van der Waals surface area (Å²) in [5, 5.41) is 3.32. The molecule has 1 saturated carbocycles. The summed E-state index contributed by atoms with van der Waals surface area (Å²) in [5.41, 5.74) is 0. The van der Waals surface area contributed by atoms with Gasteiger partial charge in [-0.2, -0.15) is 0 Å². The van der Waals surface area contributed by atoms with Crippen LogP contribution in [-0.4, -0.2) is 49.8 Å². The lowest BCUT2D eigenvalue weighted by Gasteiger charge is -2.44. The van der Waals surface area contributed by atoms with Crippen molar-refractivity contribution >= 4 is 0 Å². The number of fused-ring (bicyclic) bond motifs is 1. The van der Waals surface area contributed by atoms with Crippen molar-refractivity contribution in [2.24, 2.45) is 0 Å². The molecule has 0 aromatic heterocycles. The van der Waals surface area contributed by atoms with Gasteiger partial charge in [0.1, 0.15) is 0 Å². The van der Waals surface area contributed by atoms with Crippen molar-refractivity contribution in [2.45, 2.75) is 57.2 Å². The Balaban J connectivity index is 1.82. The first-order valence-corrected chi connectivity index (χ1v) is 6.84. The molecule has 3 atom stereocenters. The van der Waals surface area contributed by atoms with Crippen LogP contribution >= 0.6 is 0 Å². The highest BCUT2D eigenvalue weighted by Crippen LogP contribution is 2.28. The van der Waals surface area contributed by atoms with Crippen LogP contribution in [0.3, 0.4) is 0 Å². The highest BCUT2D eigenvalue weighted by molar-refractivity contribution is 4.87. The van der Waals surface area contributed by atoms with Crippen LogP contribution in [-0.2, 0) is 4.74 Å². The van der Waals surface area contributed by atoms with Crippen molar-refractivity contribution in [1.29, 1.82) is 0 Å². The summed E-state index contributed by atoms with van der Waals surface area (Å²) in [7, 11) is 2.05. The number of rotatable bonds is 4. The average molecular weight is 226 g/mol. The zero-order chi connectivity index (χ0) is 11.4. The van der Waals surface area contributed by atoms with Crippen LogP contribution in [0.5, 0.6) is 0 Å². The summed E-state index contributed by atoms with van der Waals surface area (Å²) < 4.78 is 5.89. The molecule has 16 heavy (non-hydrogen) atoms. The molecule has 0 aromatic rings. The van der Waals surface area contributed by atoms with Crippen LogP contribution in [0.2, 0.25) is 0 Å². The van der Waals surface area contributed by atoms with Crippen LogP contribution in [0.15, 0.2) is 0 Å². The van der Waals surface area contributed by atoms with E-state index in [4.69, 9.17) is 4.74 Å². The van der Waals surface area contributed by atoms with Gasteiger partial charge in [0.25, 0.3) is 0 Å². The lowest BCUT2D eigenvalue weighted by molar-refractivity contribution is -0.0885. The molecule has 0 amide bonds. The molecule has 1 saturated heterocycles. The zero-order valence-corrected chi connectivity index (χ0v) is 10.7. The molecule has 1 N–H and O–H groups in total. The van der Waals surface area contributed by atoms with Crippen LogP contribution < -0.4 is 5.32 Å². The Bertz CT molecular complexity index is 208. The maximum absolute atomic E-state index is 5.89. The molecule has 0 radical (unpaired) electrons. The second kappa shape index (κ2) is 5.99. The fraction of sp³-hybridized carbons (Fsp3) is 1.00. The van der Waals surface area contributed by atoms with Crippen molar-refractivity contribution in [1.82, 2.24) is 10.2 Å². The van der Waals surface area contributed by atoms with Gasteiger partial charge in [0.15, 0.2) is 0 Å². The SMILES string of the molecule is CNC(C)CCN1CCOC2CCCCC21. The second-order valence-corrected chi connectivity index (χ2v) is 5.28. The summed E-state index contributed by atoms with van der Waals surface area (Å²) >= 11 is 0. The summed E-state index contributed by atoms with van der Waals surface area (Å²) in [6, 6.07) is 1.34. The topological polar surface area (TPSA) is 24.5 Å². The van der Waals surface area contributed by atoms with E-state index in [9.17, 15) is 0 Å². The third kappa shape index (κ3) is 2.96. The number of hydrogen-bond donors (Lipinski definition) is 1. The largest absolute Gasteiger partial charge is 0.375 e. The maximum atomic E-state index is 5.89. The standard InChI is InChI=1S/C13H26N2O/c1-11(14-2)7-8-15-9-10-16-13-6-4-3-5-12(13)15/h11-14H,3-10H2,1-2H3. The second-order valence-electron chi connectivity index (χ2n) is 5.28. The van der Waals surface area contributed by atoms with E-state index in [-0.39, 0.29) is 0 Å². The average Bonchev–Trinajstić information content (AvgIpc) is 2.35. The van der Waals surface area contributed by atoms with Gasteiger partial charge >= 0.3 is 0 Å². The molecule has 94 valence electrons. The predicted molar refractivity (Wildman–Crippen MR) is 66.7 cm³/mol. The first-order valence-electron chi connectivity index (χ1n) is 6.84. The van der Waals surface area contributed by atoms with Gasteiger partial charge in [-0.05, 0) is 33.2 Å². The Hall–Kier alpha value is -0.120. The Morgan fingerprint density at radius 1 is 1.38 bits per heavy atom. The van der Waals surface area contributed by atoms with Crippen LogP contribution in [0.4, 0.5) is 0 Å². The molecule has 2 fully saturated rings. The number of morpholine rings is 1. The van der Waals surface area contributed by atoms with Crippen LogP contribution in [0.1, 0.15) is 39.0 Å². The minimum Gasteiger partial charge on any atom is -0.375 e. The van der Waals surface area contributed by atoms with Gasteiger partial charge in [0.2, 0.25) is 0 Å². The minimum atomic E-state index is 0.535. The monoisotopic (exact) mass is 226 g/mol. The van der Waals surface area contributed by atoms with Gasteiger partial charge in [0, 0.05) is 25.2 Å². The van der Waals surface area contributed by atoms with Crippen molar-refractivity contribution in [3.8, 4) is 0 Å². The van der Waals surface area contributed by atoms with Crippen molar-refractivity contribution in [3.63, 3.8) is 0 Å². The van der Waals surface area contributed by atoms with Gasteiger partial charge < -0.3 is 10.1 Å². The smallest absolute Gasteiger partial charge is 0.0730 e. The molecule has 3 unspecified atom stereocenters. The van der Waals surface area contributed by atoms with E-state index >= 15 is 0 Å². The fourth-order valence-corrected chi connectivity index (χ4v) is 2.96. The molecular formula is C13H26N2O. The quantitative estimate of drug-likeness (QED) is 0.788. The molecule has 0 aromatic carbocycles. The summed E-state index contributed by atoms with van der Waals surface area (Å²) in [6.07, 6.45) is 7.17. The molecular weight excluding hydrogens is 200 g/mol. The van der Waals surface area contributed by atoms with E-state index in [0.717, 1.165) is 13.2 Å². The first kappa shape index (κ1) is 12.3. The van der Waals surface area contributed by atoms with E-state index in [1.54, 1.807) is 0 Å². The predicted octanol–water partition coefficient (Wildman–Crippen LogP) is 1.63. The maximum Gasteiger partial charge on any atom is 0.0730 e. The highest BCUT2D eigenvalue weighted by Gasteiger charge is 2.33. The van der Waals surface area contributed by atoms with E-state index in [1.165, 1.54) is 38.6 Å². The number of hydrogen-bond acceptors (Lipinski definition) is 3. The number of nitrogens with one attached hydrogen (secondary N) is 1. The van der Waals surface area contributed by atoms with Gasteiger partial charge in [-0.3, -0.25) is 4.90 Å². The Kier molecular flexibility index (Phi) is 4.62. The molecule has 3 nitrogen and oxygen atoms in total. The highest BCUT2D eigenvalue weighted by atomic mass is 16.5. The molecule has 3 heteroatoms. The Labute approximate surface area is 99.5 Å². The molecule has 0 bridgehead atoms. The van der Waals surface area contributed by atoms with E-state index in [0.29, 0.717) is 18.2 Å². The lowest BCUT2D eigenvalue weighted by atomic mass is 9.90. The normalized spacial score (nSPS) is 33.4. The number of ether oxygens (including phenoxy) is 1. The summed E-state index contributed by atoms with van der Waals surface area (Å²) in [6.45, 7) is 5.57. The van der Waals surface area contributed by atoms with E-state index in [1.807, 2.05) is 7.05 Å². The van der Waals surface area contributed by atoms with E-state index in [2.05, 4.69) is 17.1 Å². The Morgan fingerprint density at radius 3 is 3.00 bits per heavy atom. The molecule has 2 aliphatic rings. The van der Waals surface area contributed by atoms with Gasteiger partial charge in [-0.25, -0.2) is 0 Å². The lowest BCUT2D eigenvalue weighted by Crippen LogP contribution is -2.53.